The highest BCUT2D eigenvalue weighted by atomic mass is 35.5. The second-order valence-corrected chi connectivity index (χ2v) is 8.24. The number of carbonyl (C=O) groups is 1. The Labute approximate surface area is 180 Å². The first kappa shape index (κ1) is 20.6. The number of H-pyrrole nitrogens is 1. The molecule has 0 saturated carbocycles. The summed E-state index contributed by atoms with van der Waals surface area (Å²) in [6.07, 6.45) is 1.45. The zero-order valence-corrected chi connectivity index (χ0v) is 17.7. The number of nitrogens with zero attached hydrogens (tertiary/aromatic N) is 2. The van der Waals surface area contributed by atoms with Gasteiger partial charge in [-0.3, -0.25) is 14.5 Å². The lowest BCUT2D eigenvalue weighted by Gasteiger charge is -2.32. The average Bonchev–Trinajstić information content (AvgIpc) is 2.75. The van der Waals surface area contributed by atoms with E-state index in [-0.39, 0.29) is 11.0 Å². The number of amides is 1. The Hall–Kier alpha value is -2.67. The van der Waals surface area contributed by atoms with Crippen LogP contribution in [0.4, 0.5) is 0 Å². The van der Waals surface area contributed by atoms with E-state index in [1.807, 2.05) is 12.1 Å². The van der Waals surface area contributed by atoms with Gasteiger partial charge in [0, 0.05) is 61.4 Å². The van der Waals surface area contributed by atoms with Gasteiger partial charge >= 0.3 is 0 Å². The molecule has 7 heteroatoms. The summed E-state index contributed by atoms with van der Waals surface area (Å²) >= 11 is 5.99. The smallest absolute Gasteiger partial charge is 0.257 e. The number of nitrogens with one attached hydrogen (secondary N) is 2. The summed E-state index contributed by atoms with van der Waals surface area (Å²) in [5, 5.41) is 3.70. The molecule has 1 aliphatic rings. The number of pyridine rings is 1. The van der Waals surface area contributed by atoms with Gasteiger partial charge in [0.2, 0.25) is 5.43 Å². The Morgan fingerprint density at radius 2 is 1.77 bits per heavy atom. The maximum Gasteiger partial charge on any atom is 0.257 e. The minimum Gasteiger partial charge on any atom is -0.360 e. The lowest BCUT2D eigenvalue weighted by atomic mass is 10.1. The van der Waals surface area contributed by atoms with Crippen molar-refractivity contribution in [3.05, 3.63) is 80.6 Å². The Morgan fingerprint density at radius 1 is 1.07 bits per heavy atom. The third kappa shape index (κ3) is 4.73. The molecule has 156 valence electrons. The molecule has 6 nitrogen and oxygen atoms in total. The second kappa shape index (κ2) is 9.00. The molecule has 0 radical (unpaired) electrons. The lowest BCUT2D eigenvalue weighted by molar-refractivity contribution is 0.0949. The molecular weight excluding hydrogens is 400 g/mol. The number of piperazine rings is 1. The van der Waals surface area contributed by atoms with Gasteiger partial charge in [-0.2, -0.15) is 0 Å². The van der Waals surface area contributed by atoms with Crippen LogP contribution in [0.1, 0.15) is 21.5 Å². The molecule has 1 saturated heterocycles. The summed E-state index contributed by atoms with van der Waals surface area (Å²) in [6.45, 7) is 5.67. The molecule has 0 aliphatic carbocycles. The predicted molar refractivity (Wildman–Crippen MR) is 120 cm³/mol. The molecule has 2 aromatic carbocycles. The fourth-order valence-corrected chi connectivity index (χ4v) is 3.84. The number of fused-ring (bicyclic) bond motifs is 1. The molecule has 1 fully saturated rings. The van der Waals surface area contributed by atoms with Gasteiger partial charge in [-0.15, -0.1) is 0 Å². The second-order valence-electron chi connectivity index (χ2n) is 7.80. The number of hydrogen-bond donors (Lipinski definition) is 2. The normalized spacial score (nSPS) is 15.4. The van der Waals surface area contributed by atoms with Crippen LogP contribution in [0.5, 0.6) is 0 Å². The fourth-order valence-electron chi connectivity index (χ4n) is 3.66. The summed E-state index contributed by atoms with van der Waals surface area (Å²) in [5.41, 5.74) is 2.66. The van der Waals surface area contributed by atoms with Crippen LogP contribution in [0.25, 0.3) is 10.9 Å². The van der Waals surface area contributed by atoms with E-state index in [0.29, 0.717) is 22.5 Å². The van der Waals surface area contributed by atoms with Gasteiger partial charge in [-0.05, 0) is 36.4 Å². The van der Waals surface area contributed by atoms with Crippen LogP contribution >= 0.6 is 11.6 Å². The molecule has 3 aromatic rings. The molecule has 0 atom stereocenters. The number of benzene rings is 2. The van der Waals surface area contributed by atoms with Crippen LogP contribution in [-0.2, 0) is 13.1 Å². The van der Waals surface area contributed by atoms with Gasteiger partial charge in [0.15, 0.2) is 0 Å². The highest BCUT2D eigenvalue weighted by molar-refractivity contribution is 6.31. The van der Waals surface area contributed by atoms with Gasteiger partial charge in [0.25, 0.3) is 5.91 Å². The Bertz CT molecular complexity index is 1100. The van der Waals surface area contributed by atoms with Crippen molar-refractivity contribution in [1.82, 2.24) is 20.1 Å². The van der Waals surface area contributed by atoms with E-state index in [0.717, 1.165) is 38.3 Å². The van der Waals surface area contributed by atoms with E-state index < -0.39 is 5.91 Å². The summed E-state index contributed by atoms with van der Waals surface area (Å²) in [4.78, 5) is 33.0. The molecule has 30 heavy (non-hydrogen) atoms. The zero-order chi connectivity index (χ0) is 21.1. The average molecular weight is 425 g/mol. The molecule has 2 heterocycles. The number of halogens is 1. The standard InChI is InChI=1S/C23H25ClN4O2/c1-27-8-10-28(11-9-27)15-17-4-2-16(3-5-17)13-26-23(30)20-14-25-21-7-6-18(24)12-19(21)22(20)29/h2-7,12,14H,8-11,13,15H2,1H3,(H,25,29)(H,26,30). The molecule has 4 rings (SSSR count). The van der Waals surface area contributed by atoms with Gasteiger partial charge < -0.3 is 15.2 Å². The molecule has 1 aliphatic heterocycles. The minimum absolute atomic E-state index is 0.0800. The number of likely N-dealkylation sites (N-methyl/N-ethyl adjacent to an activating group) is 1. The summed E-state index contributed by atoms with van der Waals surface area (Å²) in [5.74, 6) is -0.403. The van der Waals surface area contributed by atoms with Crippen molar-refractivity contribution >= 4 is 28.4 Å². The maximum absolute atomic E-state index is 12.6. The SMILES string of the molecule is CN1CCN(Cc2ccc(CNC(=O)c3c[nH]c4ccc(Cl)cc4c3=O)cc2)CC1. The van der Waals surface area contributed by atoms with Gasteiger partial charge in [-0.1, -0.05) is 35.9 Å². The quantitative estimate of drug-likeness (QED) is 0.660. The Balaban J connectivity index is 1.37. The summed E-state index contributed by atoms with van der Waals surface area (Å²) < 4.78 is 0. The van der Waals surface area contributed by atoms with Crippen molar-refractivity contribution < 1.29 is 4.79 Å². The number of aromatic amines is 1. The van der Waals surface area contributed by atoms with E-state index in [9.17, 15) is 9.59 Å². The topological polar surface area (TPSA) is 68.4 Å². The van der Waals surface area contributed by atoms with Crippen molar-refractivity contribution in [2.24, 2.45) is 0 Å². The molecule has 0 spiro atoms. The Morgan fingerprint density at radius 3 is 2.50 bits per heavy atom. The van der Waals surface area contributed by atoms with Gasteiger partial charge in [0.05, 0.1) is 0 Å². The van der Waals surface area contributed by atoms with E-state index in [1.54, 1.807) is 18.2 Å². The van der Waals surface area contributed by atoms with Gasteiger partial charge in [0.1, 0.15) is 5.56 Å². The molecule has 2 N–H and O–H groups in total. The van der Waals surface area contributed by atoms with Crippen molar-refractivity contribution in [2.45, 2.75) is 13.1 Å². The highest BCUT2D eigenvalue weighted by Crippen LogP contribution is 2.15. The zero-order valence-electron chi connectivity index (χ0n) is 17.0. The van der Waals surface area contributed by atoms with E-state index in [4.69, 9.17) is 11.6 Å². The van der Waals surface area contributed by atoms with Crippen molar-refractivity contribution in [3.63, 3.8) is 0 Å². The molecule has 1 aromatic heterocycles. The molecular formula is C23H25ClN4O2. The van der Waals surface area contributed by atoms with Gasteiger partial charge in [-0.25, -0.2) is 0 Å². The van der Waals surface area contributed by atoms with Crippen LogP contribution in [-0.4, -0.2) is 53.9 Å². The first-order valence-corrected chi connectivity index (χ1v) is 10.5. The van der Waals surface area contributed by atoms with E-state index >= 15 is 0 Å². The molecule has 1 amide bonds. The van der Waals surface area contributed by atoms with Crippen molar-refractivity contribution in [1.29, 1.82) is 0 Å². The summed E-state index contributed by atoms with van der Waals surface area (Å²) in [7, 11) is 2.15. The fraction of sp³-hybridized carbons (Fsp3) is 0.304. The van der Waals surface area contributed by atoms with Crippen molar-refractivity contribution in [2.75, 3.05) is 33.2 Å². The number of aromatic nitrogens is 1. The number of hydrogen-bond acceptors (Lipinski definition) is 4. The Kier molecular flexibility index (Phi) is 6.18. The third-order valence-electron chi connectivity index (χ3n) is 5.57. The summed E-state index contributed by atoms with van der Waals surface area (Å²) in [6, 6.07) is 13.3. The first-order valence-electron chi connectivity index (χ1n) is 10.1. The largest absolute Gasteiger partial charge is 0.360 e. The number of rotatable bonds is 5. The van der Waals surface area contributed by atoms with Crippen LogP contribution in [0.15, 0.2) is 53.5 Å². The minimum atomic E-state index is -0.403. The highest BCUT2D eigenvalue weighted by Gasteiger charge is 2.15. The number of carbonyl (C=O) groups excluding carboxylic acids is 1. The lowest BCUT2D eigenvalue weighted by Crippen LogP contribution is -2.43. The molecule has 0 bridgehead atoms. The van der Waals surface area contributed by atoms with E-state index in [2.05, 4.69) is 39.3 Å². The third-order valence-corrected chi connectivity index (χ3v) is 5.80. The van der Waals surface area contributed by atoms with Crippen LogP contribution < -0.4 is 10.7 Å². The first-order chi connectivity index (χ1) is 14.5. The van der Waals surface area contributed by atoms with Crippen molar-refractivity contribution in [3.8, 4) is 0 Å². The maximum atomic E-state index is 12.6. The van der Waals surface area contributed by atoms with Crippen LogP contribution in [0.2, 0.25) is 5.02 Å². The predicted octanol–water partition coefficient (Wildman–Crippen LogP) is 2.86. The van der Waals surface area contributed by atoms with Crippen LogP contribution in [0, 0.1) is 0 Å². The molecule has 0 unspecified atom stereocenters. The van der Waals surface area contributed by atoms with Crippen LogP contribution in [0.3, 0.4) is 0 Å². The monoisotopic (exact) mass is 424 g/mol. The van der Waals surface area contributed by atoms with E-state index in [1.165, 1.54) is 11.8 Å².